The smallest absolute Gasteiger partial charge is 0.150 e. The Labute approximate surface area is 121 Å². The lowest BCUT2D eigenvalue weighted by molar-refractivity contribution is 0.382. The minimum atomic E-state index is -0.555. The molecule has 1 aliphatic rings. The molecule has 106 valence electrons. The van der Waals surface area contributed by atoms with Gasteiger partial charge in [0.2, 0.25) is 0 Å². The lowest BCUT2D eigenvalue weighted by Crippen LogP contribution is -2.55. The van der Waals surface area contributed by atoms with E-state index in [0.29, 0.717) is 16.2 Å². The monoisotopic (exact) mass is 332 g/mol. The molecule has 1 aromatic carbocycles. The van der Waals surface area contributed by atoms with Crippen molar-refractivity contribution in [3.8, 4) is 0 Å². The highest BCUT2D eigenvalue weighted by Crippen LogP contribution is 2.33. The second kappa shape index (κ2) is 6.18. The van der Waals surface area contributed by atoms with E-state index in [-0.39, 0.29) is 6.04 Å². The van der Waals surface area contributed by atoms with Crippen molar-refractivity contribution in [2.45, 2.75) is 38.8 Å². The number of nitrogens with one attached hydrogen (secondary N) is 1. The van der Waals surface area contributed by atoms with Crippen LogP contribution in [0, 0.1) is 11.6 Å². The zero-order valence-electron chi connectivity index (χ0n) is 11.2. The molecule has 1 aliphatic heterocycles. The molecule has 0 radical (unpaired) electrons. The van der Waals surface area contributed by atoms with E-state index < -0.39 is 11.6 Å². The van der Waals surface area contributed by atoms with Crippen LogP contribution < -0.4 is 10.2 Å². The summed E-state index contributed by atoms with van der Waals surface area (Å²) in [6.07, 6.45) is 2.15. The van der Waals surface area contributed by atoms with Crippen LogP contribution in [0.1, 0.15) is 26.7 Å². The van der Waals surface area contributed by atoms with Gasteiger partial charge in [-0.05, 0) is 35.3 Å². The normalized spacial score (nSPS) is 23.7. The van der Waals surface area contributed by atoms with E-state index in [4.69, 9.17) is 0 Å². The fourth-order valence-corrected chi connectivity index (χ4v) is 3.23. The van der Waals surface area contributed by atoms with Crippen molar-refractivity contribution in [3.05, 3.63) is 28.2 Å². The summed E-state index contributed by atoms with van der Waals surface area (Å²) in [6.45, 7) is 5.74. The predicted molar refractivity (Wildman–Crippen MR) is 77.6 cm³/mol. The Morgan fingerprint density at radius 3 is 2.79 bits per heavy atom. The maximum absolute atomic E-state index is 14.0. The highest BCUT2D eigenvalue weighted by atomic mass is 79.9. The third kappa shape index (κ3) is 3.26. The molecule has 2 unspecified atom stereocenters. The lowest BCUT2D eigenvalue weighted by atomic mass is 10.0. The van der Waals surface area contributed by atoms with Gasteiger partial charge in [0, 0.05) is 35.7 Å². The standard InChI is InChI=1S/C14H19BrF2N2/c1-3-4-11-8-19(9(2)7-18-11)14-12(15)5-10(16)6-13(14)17/h5-6,9,11,18H,3-4,7-8H2,1-2H3. The number of halogens is 3. The van der Waals surface area contributed by atoms with Crippen molar-refractivity contribution in [1.82, 2.24) is 5.32 Å². The van der Waals surface area contributed by atoms with Crippen LogP contribution in [0.5, 0.6) is 0 Å². The molecule has 0 bridgehead atoms. The van der Waals surface area contributed by atoms with Crippen molar-refractivity contribution in [2.75, 3.05) is 18.0 Å². The molecule has 2 atom stereocenters. The van der Waals surface area contributed by atoms with Crippen LogP contribution in [-0.2, 0) is 0 Å². The van der Waals surface area contributed by atoms with E-state index >= 15 is 0 Å². The minimum absolute atomic E-state index is 0.185. The zero-order valence-corrected chi connectivity index (χ0v) is 12.8. The molecule has 1 N–H and O–H groups in total. The Hall–Kier alpha value is -0.680. The molecule has 5 heteroatoms. The summed E-state index contributed by atoms with van der Waals surface area (Å²) in [5.41, 5.74) is 0.469. The fourth-order valence-electron chi connectivity index (χ4n) is 2.59. The SMILES string of the molecule is CCCC1CN(c2c(F)cc(F)cc2Br)C(C)CN1. The number of hydrogen-bond donors (Lipinski definition) is 1. The van der Waals surface area contributed by atoms with Crippen molar-refractivity contribution in [2.24, 2.45) is 0 Å². The van der Waals surface area contributed by atoms with Crippen molar-refractivity contribution >= 4 is 21.6 Å². The summed E-state index contributed by atoms with van der Waals surface area (Å²) in [5.74, 6) is -1.06. The summed E-state index contributed by atoms with van der Waals surface area (Å²) in [5, 5.41) is 3.47. The van der Waals surface area contributed by atoms with Crippen LogP contribution in [0.2, 0.25) is 0 Å². The van der Waals surface area contributed by atoms with E-state index in [1.807, 2.05) is 11.8 Å². The largest absolute Gasteiger partial charge is 0.363 e. The minimum Gasteiger partial charge on any atom is -0.363 e. The number of anilines is 1. The molecule has 0 aliphatic carbocycles. The summed E-state index contributed by atoms with van der Waals surface area (Å²) in [7, 11) is 0. The lowest BCUT2D eigenvalue weighted by Gasteiger charge is -2.41. The second-order valence-corrected chi connectivity index (χ2v) is 5.97. The molecule has 0 spiro atoms. The van der Waals surface area contributed by atoms with Gasteiger partial charge in [0.1, 0.15) is 5.82 Å². The third-order valence-electron chi connectivity index (χ3n) is 3.56. The van der Waals surface area contributed by atoms with E-state index in [1.165, 1.54) is 6.07 Å². The number of rotatable bonds is 3. The van der Waals surface area contributed by atoms with Gasteiger partial charge in [-0.2, -0.15) is 0 Å². The van der Waals surface area contributed by atoms with Gasteiger partial charge < -0.3 is 10.2 Å². The van der Waals surface area contributed by atoms with Gasteiger partial charge in [0.25, 0.3) is 0 Å². The van der Waals surface area contributed by atoms with Crippen LogP contribution in [0.4, 0.5) is 14.5 Å². The number of hydrogen-bond acceptors (Lipinski definition) is 2. The molecule has 0 aromatic heterocycles. The number of benzene rings is 1. The highest BCUT2D eigenvalue weighted by molar-refractivity contribution is 9.10. The number of piperazine rings is 1. The average molecular weight is 333 g/mol. The molecule has 1 heterocycles. The Morgan fingerprint density at radius 1 is 1.42 bits per heavy atom. The van der Waals surface area contributed by atoms with Gasteiger partial charge in [0.05, 0.1) is 5.69 Å². The van der Waals surface area contributed by atoms with Gasteiger partial charge in [0.15, 0.2) is 5.82 Å². The van der Waals surface area contributed by atoms with Crippen LogP contribution in [0.15, 0.2) is 16.6 Å². The first kappa shape index (κ1) is 14.7. The van der Waals surface area contributed by atoms with Gasteiger partial charge in [-0.3, -0.25) is 0 Å². The Bertz CT molecular complexity index is 430. The average Bonchev–Trinajstić information content (AvgIpc) is 2.32. The first-order valence-corrected chi connectivity index (χ1v) is 7.46. The van der Waals surface area contributed by atoms with Crippen molar-refractivity contribution < 1.29 is 8.78 Å². The van der Waals surface area contributed by atoms with Crippen LogP contribution in [0.3, 0.4) is 0 Å². The summed E-state index contributed by atoms with van der Waals surface area (Å²) < 4.78 is 27.7. The summed E-state index contributed by atoms with van der Waals surface area (Å²) >= 11 is 3.28. The van der Waals surface area contributed by atoms with E-state index in [1.54, 1.807) is 0 Å². The highest BCUT2D eigenvalue weighted by Gasteiger charge is 2.28. The first-order chi connectivity index (χ1) is 9.02. The van der Waals surface area contributed by atoms with Gasteiger partial charge in [-0.15, -0.1) is 0 Å². The number of nitrogens with zero attached hydrogens (tertiary/aromatic N) is 1. The molecule has 0 saturated carbocycles. The quantitative estimate of drug-likeness (QED) is 0.908. The molecular weight excluding hydrogens is 314 g/mol. The predicted octanol–water partition coefficient (Wildman–Crippen LogP) is 3.69. The first-order valence-electron chi connectivity index (χ1n) is 6.67. The van der Waals surface area contributed by atoms with E-state index in [2.05, 4.69) is 28.2 Å². The van der Waals surface area contributed by atoms with Crippen molar-refractivity contribution in [3.63, 3.8) is 0 Å². The van der Waals surface area contributed by atoms with Crippen LogP contribution in [-0.4, -0.2) is 25.2 Å². The fraction of sp³-hybridized carbons (Fsp3) is 0.571. The van der Waals surface area contributed by atoms with Crippen LogP contribution in [0.25, 0.3) is 0 Å². The van der Waals surface area contributed by atoms with Crippen molar-refractivity contribution in [1.29, 1.82) is 0 Å². The molecule has 2 nitrogen and oxygen atoms in total. The Balaban J connectivity index is 2.28. The molecule has 0 amide bonds. The molecule has 19 heavy (non-hydrogen) atoms. The molecule has 1 fully saturated rings. The van der Waals surface area contributed by atoms with Gasteiger partial charge in [-0.1, -0.05) is 13.3 Å². The summed E-state index contributed by atoms with van der Waals surface area (Å²) in [4.78, 5) is 2.02. The molecule has 2 rings (SSSR count). The molecule has 1 aromatic rings. The van der Waals surface area contributed by atoms with Gasteiger partial charge >= 0.3 is 0 Å². The zero-order chi connectivity index (χ0) is 14.0. The Kier molecular flexibility index (Phi) is 4.79. The van der Waals surface area contributed by atoms with Crippen LogP contribution >= 0.6 is 15.9 Å². The maximum Gasteiger partial charge on any atom is 0.150 e. The molecule has 1 saturated heterocycles. The maximum atomic E-state index is 14.0. The van der Waals surface area contributed by atoms with E-state index in [0.717, 1.165) is 32.0 Å². The second-order valence-electron chi connectivity index (χ2n) is 5.11. The topological polar surface area (TPSA) is 15.3 Å². The third-order valence-corrected chi connectivity index (χ3v) is 4.16. The molecular formula is C14H19BrF2N2. The summed E-state index contributed by atoms with van der Waals surface area (Å²) in [6, 6.07) is 2.81. The van der Waals surface area contributed by atoms with E-state index in [9.17, 15) is 8.78 Å². The Morgan fingerprint density at radius 2 is 2.16 bits per heavy atom. The van der Waals surface area contributed by atoms with Gasteiger partial charge in [-0.25, -0.2) is 8.78 Å².